The van der Waals surface area contributed by atoms with Crippen molar-refractivity contribution in [2.75, 3.05) is 13.1 Å². The number of piperidine rings is 1. The van der Waals surface area contributed by atoms with Crippen molar-refractivity contribution in [2.45, 2.75) is 30.7 Å². The van der Waals surface area contributed by atoms with E-state index in [0.29, 0.717) is 22.5 Å². The minimum absolute atomic E-state index is 0.0252. The minimum Gasteiger partial charge on any atom is -0.328 e. The third-order valence-corrected chi connectivity index (χ3v) is 6.50. The van der Waals surface area contributed by atoms with Crippen LogP contribution in [0.5, 0.6) is 0 Å². The molecule has 1 aliphatic rings. The standard InChI is InChI=1S/C13H19BrN2O2S/c1-10(15)11-5-4-8-16(9-11)19(17,18)13-7-3-2-6-12(13)14/h2-3,6-7,10-11H,4-5,8-9,15H2,1H3. The van der Waals surface area contributed by atoms with Crippen LogP contribution in [0.3, 0.4) is 0 Å². The summed E-state index contributed by atoms with van der Waals surface area (Å²) in [6.45, 7) is 3.04. The fourth-order valence-corrected chi connectivity index (χ4v) is 4.91. The van der Waals surface area contributed by atoms with Crippen LogP contribution in [0.2, 0.25) is 0 Å². The number of hydrogen-bond donors (Lipinski definition) is 1. The van der Waals surface area contributed by atoms with E-state index < -0.39 is 10.0 Å². The summed E-state index contributed by atoms with van der Waals surface area (Å²) < 4.78 is 27.4. The molecule has 6 heteroatoms. The Morgan fingerprint density at radius 2 is 2.11 bits per heavy atom. The third-order valence-electron chi connectivity index (χ3n) is 3.62. The molecule has 2 unspecified atom stereocenters. The van der Waals surface area contributed by atoms with Crippen molar-refractivity contribution >= 4 is 26.0 Å². The summed E-state index contributed by atoms with van der Waals surface area (Å²) in [7, 11) is -3.43. The van der Waals surface area contributed by atoms with Crippen LogP contribution in [-0.2, 0) is 10.0 Å². The van der Waals surface area contributed by atoms with Gasteiger partial charge in [0.25, 0.3) is 0 Å². The molecule has 1 aromatic rings. The Labute approximate surface area is 123 Å². The first kappa shape index (κ1) is 15.0. The summed E-state index contributed by atoms with van der Waals surface area (Å²) in [6.07, 6.45) is 1.87. The number of nitrogens with zero attached hydrogens (tertiary/aromatic N) is 1. The molecule has 2 N–H and O–H groups in total. The second-order valence-corrected chi connectivity index (χ2v) is 7.82. The summed E-state index contributed by atoms with van der Waals surface area (Å²) in [5, 5.41) is 0. The second-order valence-electron chi connectivity index (χ2n) is 5.05. The average Bonchev–Trinajstić information content (AvgIpc) is 2.39. The van der Waals surface area contributed by atoms with E-state index in [4.69, 9.17) is 5.73 Å². The zero-order valence-corrected chi connectivity index (χ0v) is 13.3. The maximum absolute atomic E-state index is 12.6. The SMILES string of the molecule is CC(N)C1CCCN(S(=O)(=O)c2ccccc2Br)C1. The number of rotatable bonds is 3. The smallest absolute Gasteiger partial charge is 0.244 e. The zero-order chi connectivity index (χ0) is 14.0. The Balaban J connectivity index is 2.28. The molecule has 0 spiro atoms. The number of nitrogens with two attached hydrogens (primary N) is 1. The van der Waals surface area contributed by atoms with Gasteiger partial charge in [-0.15, -0.1) is 0 Å². The van der Waals surface area contributed by atoms with E-state index in [9.17, 15) is 8.42 Å². The highest BCUT2D eigenvalue weighted by atomic mass is 79.9. The lowest BCUT2D eigenvalue weighted by Crippen LogP contribution is -2.45. The first-order valence-electron chi connectivity index (χ1n) is 6.43. The highest BCUT2D eigenvalue weighted by molar-refractivity contribution is 9.10. The van der Waals surface area contributed by atoms with Gasteiger partial charge in [-0.2, -0.15) is 4.31 Å². The largest absolute Gasteiger partial charge is 0.328 e. The van der Waals surface area contributed by atoms with Crippen LogP contribution < -0.4 is 5.73 Å². The Kier molecular flexibility index (Phi) is 4.66. The summed E-state index contributed by atoms with van der Waals surface area (Å²) in [6, 6.07) is 6.96. The quantitative estimate of drug-likeness (QED) is 0.912. The fourth-order valence-electron chi connectivity index (χ4n) is 2.41. The monoisotopic (exact) mass is 346 g/mol. The predicted molar refractivity (Wildman–Crippen MR) is 79.3 cm³/mol. The van der Waals surface area contributed by atoms with E-state index in [-0.39, 0.29) is 12.0 Å². The lowest BCUT2D eigenvalue weighted by atomic mass is 9.93. The van der Waals surface area contributed by atoms with Gasteiger partial charge in [0.1, 0.15) is 0 Å². The first-order chi connectivity index (χ1) is 8.93. The molecule has 106 valence electrons. The molecule has 0 aliphatic carbocycles. The molecule has 19 heavy (non-hydrogen) atoms. The molecule has 0 aromatic heterocycles. The summed E-state index contributed by atoms with van der Waals surface area (Å²) in [5.41, 5.74) is 5.91. The zero-order valence-electron chi connectivity index (χ0n) is 10.9. The lowest BCUT2D eigenvalue weighted by molar-refractivity contribution is 0.243. The van der Waals surface area contributed by atoms with Crippen molar-refractivity contribution in [2.24, 2.45) is 11.7 Å². The van der Waals surface area contributed by atoms with Crippen molar-refractivity contribution in [1.82, 2.24) is 4.31 Å². The minimum atomic E-state index is -3.43. The Bertz CT molecular complexity index is 545. The van der Waals surface area contributed by atoms with Gasteiger partial charge in [-0.3, -0.25) is 0 Å². The van der Waals surface area contributed by atoms with E-state index >= 15 is 0 Å². The topological polar surface area (TPSA) is 63.4 Å². The Morgan fingerprint density at radius 1 is 1.42 bits per heavy atom. The number of sulfonamides is 1. The van der Waals surface area contributed by atoms with Gasteiger partial charge >= 0.3 is 0 Å². The van der Waals surface area contributed by atoms with Gasteiger partial charge in [0, 0.05) is 23.6 Å². The molecule has 1 saturated heterocycles. The number of hydrogen-bond acceptors (Lipinski definition) is 3. The maximum atomic E-state index is 12.6. The molecule has 0 saturated carbocycles. The number of halogens is 1. The van der Waals surface area contributed by atoms with Gasteiger partial charge in [-0.05, 0) is 53.7 Å². The highest BCUT2D eigenvalue weighted by Gasteiger charge is 2.32. The second kappa shape index (κ2) is 5.91. The first-order valence-corrected chi connectivity index (χ1v) is 8.66. The van der Waals surface area contributed by atoms with Gasteiger partial charge < -0.3 is 5.73 Å². The molecular weight excluding hydrogens is 328 g/mol. The molecule has 2 rings (SSSR count). The summed E-state index contributed by atoms with van der Waals surface area (Å²) in [5.74, 6) is 0.242. The van der Waals surface area contributed by atoms with Crippen LogP contribution >= 0.6 is 15.9 Å². The van der Waals surface area contributed by atoms with Crippen LogP contribution in [-0.4, -0.2) is 31.9 Å². The van der Waals surface area contributed by atoms with Crippen LogP contribution in [0.25, 0.3) is 0 Å². The Hall–Kier alpha value is -0.430. The van der Waals surface area contributed by atoms with Crippen LogP contribution in [0.1, 0.15) is 19.8 Å². The van der Waals surface area contributed by atoms with Crippen LogP contribution in [0.4, 0.5) is 0 Å². The average molecular weight is 347 g/mol. The Morgan fingerprint density at radius 3 is 2.74 bits per heavy atom. The molecule has 2 atom stereocenters. The van der Waals surface area contributed by atoms with E-state index in [0.717, 1.165) is 12.8 Å². The molecule has 1 heterocycles. The summed E-state index contributed by atoms with van der Waals surface area (Å²) >= 11 is 3.31. The maximum Gasteiger partial charge on any atom is 0.244 e. The van der Waals surface area contributed by atoms with Crippen LogP contribution in [0.15, 0.2) is 33.6 Å². The summed E-state index contributed by atoms with van der Waals surface area (Å²) in [4.78, 5) is 0.334. The van der Waals surface area contributed by atoms with E-state index in [1.807, 2.05) is 13.0 Å². The van der Waals surface area contributed by atoms with E-state index in [2.05, 4.69) is 15.9 Å². The molecule has 0 amide bonds. The van der Waals surface area contributed by atoms with Crippen molar-refractivity contribution in [3.05, 3.63) is 28.7 Å². The number of benzene rings is 1. The molecule has 4 nitrogen and oxygen atoms in total. The van der Waals surface area contributed by atoms with E-state index in [1.165, 1.54) is 0 Å². The third kappa shape index (κ3) is 3.18. The van der Waals surface area contributed by atoms with Crippen molar-refractivity contribution < 1.29 is 8.42 Å². The van der Waals surface area contributed by atoms with Gasteiger partial charge in [0.2, 0.25) is 10.0 Å². The molecule has 0 bridgehead atoms. The van der Waals surface area contributed by atoms with Gasteiger partial charge in [-0.1, -0.05) is 12.1 Å². The molecule has 1 fully saturated rings. The van der Waals surface area contributed by atoms with Crippen LogP contribution in [0, 0.1) is 5.92 Å². The normalized spacial score (nSPS) is 23.2. The van der Waals surface area contributed by atoms with Crippen molar-refractivity contribution in [1.29, 1.82) is 0 Å². The fraction of sp³-hybridized carbons (Fsp3) is 0.538. The van der Waals surface area contributed by atoms with Crippen molar-refractivity contribution in [3.63, 3.8) is 0 Å². The lowest BCUT2D eigenvalue weighted by Gasteiger charge is -2.33. The highest BCUT2D eigenvalue weighted by Crippen LogP contribution is 2.28. The van der Waals surface area contributed by atoms with Gasteiger partial charge in [0.05, 0.1) is 4.90 Å². The predicted octanol–water partition coefficient (Wildman–Crippen LogP) is 2.20. The van der Waals surface area contributed by atoms with E-state index in [1.54, 1.807) is 22.5 Å². The van der Waals surface area contributed by atoms with Gasteiger partial charge in [-0.25, -0.2) is 8.42 Å². The molecular formula is C13H19BrN2O2S. The molecule has 0 radical (unpaired) electrons. The van der Waals surface area contributed by atoms with Crippen molar-refractivity contribution in [3.8, 4) is 0 Å². The molecule has 1 aliphatic heterocycles. The molecule has 1 aromatic carbocycles. The van der Waals surface area contributed by atoms with Gasteiger partial charge in [0.15, 0.2) is 0 Å².